The molecule has 2 aromatic rings. The summed E-state index contributed by atoms with van der Waals surface area (Å²) in [5, 5.41) is 3.32. The van der Waals surface area contributed by atoms with E-state index in [4.69, 9.17) is 32.7 Å². The highest BCUT2D eigenvalue weighted by molar-refractivity contribution is 6.36. The Morgan fingerprint density at radius 3 is 2.42 bits per heavy atom. The number of methoxy groups -OCH3 is 1. The monoisotopic (exact) mass is 367 g/mol. The lowest BCUT2D eigenvalue weighted by atomic mass is 10.1. The van der Waals surface area contributed by atoms with E-state index in [9.17, 15) is 9.59 Å². The third-order valence-corrected chi connectivity index (χ3v) is 3.62. The molecule has 0 bridgehead atoms. The number of carbonyl (C=O) groups is 2. The Hall–Kier alpha value is -2.24. The van der Waals surface area contributed by atoms with Crippen LogP contribution >= 0.6 is 23.2 Å². The van der Waals surface area contributed by atoms with E-state index in [1.165, 1.54) is 6.07 Å². The van der Waals surface area contributed by atoms with Crippen molar-refractivity contribution in [3.05, 3.63) is 58.1 Å². The summed E-state index contributed by atoms with van der Waals surface area (Å²) in [6.07, 6.45) is 0.0684. The summed E-state index contributed by atoms with van der Waals surface area (Å²) in [4.78, 5) is 23.6. The Balaban J connectivity index is 1.81. The SMILES string of the molecule is COc1ccc(CC(=O)OCC(=O)Nc2ccc(Cl)cc2Cl)cc1. The highest BCUT2D eigenvalue weighted by atomic mass is 35.5. The molecule has 0 radical (unpaired) electrons. The molecule has 1 amide bonds. The van der Waals surface area contributed by atoms with Crippen molar-refractivity contribution in [2.75, 3.05) is 19.0 Å². The molecule has 2 aromatic carbocycles. The van der Waals surface area contributed by atoms with Gasteiger partial charge in [-0.1, -0.05) is 35.3 Å². The van der Waals surface area contributed by atoms with Crippen LogP contribution in [-0.4, -0.2) is 25.6 Å². The first kappa shape index (κ1) is 18.1. The largest absolute Gasteiger partial charge is 0.497 e. The van der Waals surface area contributed by atoms with Crippen molar-refractivity contribution in [2.45, 2.75) is 6.42 Å². The molecule has 5 nitrogen and oxygen atoms in total. The highest BCUT2D eigenvalue weighted by Gasteiger charge is 2.10. The number of benzene rings is 2. The average Bonchev–Trinajstić information content (AvgIpc) is 2.56. The molecule has 0 spiro atoms. The van der Waals surface area contributed by atoms with Gasteiger partial charge in [-0.2, -0.15) is 0 Å². The zero-order valence-electron chi connectivity index (χ0n) is 12.8. The summed E-state index contributed by atoms with van der Waals surface area (Å²) in [5.74, 6) is -0.286. The topological polar surface area (TPSA) is 64.6 Å². The molecule has 2 rings (SSSR count). The molecule has 0 aromatic heterocycles. The highest BCUT2D eigenvalue weighted by Crippen LogP contribution is 2.25. The number of carbonyl (C=O) groups excluding carboxylic acids is 2. The van der Waals surface area contributed by atoms with Crippen molar-refractivity contribution >= 4 is 40.8 Å². The second-order valence-electron chi connectivity index (χ2n) is 4.86. The minimum atomic E-state index is -0.502. The molecule has 24 heavy (non-hydrogen) atoms. The maximum absolute atomic E-state index is 11.8. The third kappa shape index (κ3) is 5.44. The van der Waals surface area contributed by atoms with E-state index >= 15 is 0 Å². The summed E-state index contributed by atoms with van der Waals surface area (Å²) < 4.78 is 9.99. The molecule has 0 unspecified atom stereocenters. The van der Waals surface area contributed by atoms with Gasteiger partial charge in [0.15, 0.2) is 6.61 Å². The second-order valence-corrected chi connectivity index (χ2v) is 5.70. The van der Waals surface area contributed by atoms with Gasteiger partial charge >= 0.3 is 5.97 Å². The van der Waals surface area contributed by atoms with Crippen LogP contribution in [0.3, 0.4) is 0 Å². The molecule has 0 aliphatic heterocycles. The fraction of sp³-hybridized carbons (Fsp3) is 0.176. The summed E-state index contributed by atoms with van der Waals surface area (Å²) in [7, 11) is 1.56. The number of halogens is 2. The first-order valence-corrected chi connectivity index (χ1v) is 7.77. The van der Waals surface area contributed by atoms with E-state index in [-0.39, 0.29) is 6.42 Å². The molecule has 0 aliphatic rings. The van der Waals surface area contributed by atoms with Crippen molar-refractivity contribution in [1.82, 2.24) is 0 Å². The van der Waals surface area contributed by atoms with Crippen LogP contribution in [0.2, 0.25) is 10.0 Å². The van der Waals surface area contributed by atoms with Gasteiger partial charge in [-0.25, -0.2) is 0 Å². The quantitative estimate of drug-likeness (QED) is 0.790. The van der Waals surface area contributed by atoms with Gasteiger partial charge in [-0.3, -0.25) is 9.59 Å². The lowest BCUT2D eigenvalue weighted by Crippen LogP contribution is -2.21. The van der Waals surface area contributed by atoms with Crippen LogP contribution in [0, 0.1) is 0 Å². The summed E-state index contributed by atoms with van der Waals surface area (Å²) in [6, 6.07) is 11.7. The number of rotatable bonds is 6. The van der Waals surface area contributed by atoms with Crippen molar-refractivity contribution in [2.24, 2.45) is 0 Å². The lowest BCUT2D eigenvalue weighted by Gasteiger charge is -2.08. The number of hydrogen-bond acceptors (Lipinski definition) is 4. The normalized spacial score (nSPS) is 10.1. The predicted molar refractivity (Wildman–Crippen MR) is 92.7 cm³/mol. The molecule has 0 aliphatic carbocycles. The van der Waals surface area contributed by atoms with E-state index in [0.29, 0.717) is 21.5 Å². The number of amides is 1. The summed E-state index contributed by atoms with van der Waals surface area (Å²) in [6.45, 7) is -0.395. The Morgan fingerprint density at radius 2 is 1.79 bits per heavy atom. The fourth-order valence-electron chi connectivity index (χ4n) is 1.88. The first-order valence-electron chi connectivity index (χ1n) is 7.01. The Kier molecular flexibility index (Phi) is 6.46. The molecule has 0 saturated heterocycles. The lowest BCUT2D eigenvalue weighted by molar-refractivity contribution is -0.146. The number of hydrogen-bond donors (Lipinski definition) is 1. The first-order chi connectivity index (χ1) is 11.5. The summed E-state index contributed by atoms with van der Waals surface area (Å²) >= 11 is 11.7. The van der Waals surface area contributed by atoms with Gasteiger partial charge in [0.2, 0.25) is 0 Å². The number of anilines is 1. The maximum Gasteiger partial charge on any atom is 0.310 e. The van der Waals surface area contributed by atoms with Crippen molar-refractivity contribution in [3.8, 4) is 5.75 Å². The molecule has 7 heteroatoms. The van der Waals surface area contributed by atoms with E-state index in [1.54, 1.807) is 43.5 Å². The zero-order valence-corrected chi connectivity index (χ0v) is 14.4. The average molecular weight is 368 g/mol. The molecular formula is C17H15Cl2NO4. The van der Waals surface area contributed by atoms with E-state index in [1.807, 2.05) is 0 Å². The second kappa shape index (κ2) is 8.57. The maximum atomic E-state index is 11.8. The van der Waals surface area contributed by atoms with Gasteiger partial charge in [0.1, 0.15) is 5.75 Å². The Bertz CT molecular complexity index is 732. The molecule has 126 valence electrons. The van der Waals surface area contributed by atoms with Crippen LogP contribution in [0.15, 0.2) is 42.5 Å². The third-order valence-electron chi connectivity index (χ3n) is 3.08. The van der Waals surface area contributed by atoms with Gasteiger partial charge in [0, 0.05) is 5.02 Å². The molecule has 1 N–H and O–H groups in total. The van der Waals surface area contributed by atoms with Crippen LogP contribution in [0.4, 0.5) is 5.69 Å². The van der Waals surface area contributed by atoms with E-state index < -0.39 is 18.5 Å². The van der Waals surface area contributed by atoms with Gasteiger partial charge in [-0.05, 0) is 35.9 Å². The van der Waals surface area contributed by atoms with E-state index in [0.717, 1.165) is 5.56 Å². The van der Waals surface area contributed by atoms with Gasteiger partial charge in [0.25, 0.3) is 5.91 Å². The molecule has 0 heterocycles. The fourth-order valence-corrected chi connectivity index (χ4v) is 2.34. The minimum absolute atomic E-state index is 0.0684. The molecule has 0 fully saturated rings. The van der Waals surface area contributed by atoms with Gasteiger partial charge < -0.3 is 14.8 Å². The predicted octanol–water partition coefficient (Wildman–Crippen LogP) is 3.73. The summed E-state index contributed by atoms with van der Waals surface area (Å²) in [5.41, 5.74) is 1.17. The van der Waals surface area contributed by atoms with Gasteiger partial charge in [0.05, 0.1) is 24.2 Å². The van der Waals surface area contributed by atoms with Crippen molar-refractivity contribution in [1.29, 1.82) is 0 Å². The van der Waals surface area contributed by atoms with Crippen LogP contribution in [0.25, 0.3) is 0 Å². The van der Waals surface area contributed by atoms with E-state index in [2.05, 4.69) is 5.32 Å². The molecular weight excluding hydrogens is 353 g/mol. The van der Waals surface area contributed by atoms with Crippen molar-refractivity contribution in [3.63, 3.8) is 0 Å². The standard InChI is InChI=1S/C17H15Cl2NO4/c1-23-13-5-2-11(3-6-13)8-17(22)24-10-16(21)20-15-7-4-12(18)9-14(15)19/h2-7,9H,8,10H2,1H3,(H,20,21). The van der Waals surface area contributed by atoms with Gasteiger partial charge in [-0.15, -0.1) is 0 Å². The number of esters is 1. The van der Waals surface area contributed by atoms with Crippen LogP contribution in [-0.2, 0) is 20.7 Å². The Morgan fingerprint density at radius 1 is 1.08 bits per heavy atom. The van der Waals surface area contributed by atoms with Crippen LogP contribution in [0.5, 0.6) is 5.75 Å². The van der Waals surface area contributed by atoms with Crippen LogP contribution < -0.4 is 10.1 Å². The smallest absolute Gasteiger partial charge is 0.310 e. The van der Waals surface area contributed by atoms with Crippen molar-refractivity contribution < 1.29 is 19.1 Å². The minimum Gasteiger partial charge on any atom is -0.497 e. The molecule has 0 atom stereocenters. The Labute approximate surface area is 149 Å². The number of nitrogens with one attached hydrogen (secondary N) is 1. The van der Waals surface area contributed by atoms with Crippen LogP contribution in [0.1, 0.15) is 5.56 Å². The number of ether oxygens (including phenoxy) is 2. The molecule has 0 saturated carbocycles. The zero-order chi connectivity index (χ0) is 17.5.